The third-order valence-electron chi connectivity index (χ3n) is 6.72. The fourth-order valence-corrected chi connectivity index (χ4v) is 5.26. The summed E-state index contributed by atoms with van der Waals surface area (Å²) in [5, 5.41) is 9.24. The van der Waals surface area contributed by atoms with Gasteiger partial charge in [0.25, 0.3) is 0 Å². The van der Waals surface area contributed by atoms with E-state index in [-0.39, 0.29) is 39.5 Å². The lowest BCUT2D eigenvalue weighted by molar-refractivity contribution is -0.132. The zero-order valence-electron chi connectivity index (χ0n) is 18.3. The van der Waals surface area contributed by atoms with Gasteiger partial charge in [0.15, 0.2) is 11.6 Å². The topological polar surface area (TPSA) is 108 Å². The van der Waals surface area contributed by atoms with Crippen LogP contribution in [0, 0.1) is 11.6 Å². The molecule has 10 heteroatoms. The quantitative estimate of drug-likeness (QED) is 0.475. The number of nitrogen functional groups attached to an aromatic ring is 1. The number of aliphatic hydroxyl groups excluding tert-OH is 1. The molecule has 2 aliphatic heterocycles. The Morgan fingerprint density at radius 2 is 2.09 bits per heavy atom. The summed E-state index contributed by atoms with van der Waals surface area (Å²) in [6, 6.07) is 4.07. The summed E-state index contributed by atoms with van der Waals surface area (Å²) < 4.78 is 29.4. The van der Waals surface area contributed by atoms with Gasteiger partial charge >= 0.3 is 0 Å². The number of amides is 1. The van der Waals surface area contributed by atoms with Gasteiger partial charge in [0.1, 0.15) is 11.5 Å². The van der Waals surface area contributed by atoms with Crippen molar-refractivity contribution in [2.24, 2.45) is 0 Å². The Bertz CT molecular complexity index is 1340. The molecule has 7 nitrogen and oxygen atoms in total. The number of imidazole rings is 1. The van der Waals surface area contributed by atoms with Gasteiger partial charge in [-0.05, 0) is 50.0 Å². The third kappa shape index (κ3) is 3.47. The van der Waals surface area contributed by atoms with Gasteiger partial charge in [-0.25, -0.2) is 13.8 Å². The van der Waals surface area contributed by atoms with Crippen molar-refractivity contribution < 1.29 is 18.7 Å². The predicted molar refractivity (Wildman–Crippen MR) is 123 cm³/mol. The van der Waals surface area contributed by atoms with Gasteiger partial charge in [0.05, 0.1) is 29.6 Å². The number of nitrogens with one attached hydrogen (secondary N) is 1. The van der Waals surface area contributed by atoms with Crippen LogP contribution in [0.5, 0.6) is 0 Å². The molecule has 176 valence electrons. The maximum Gasteiger partial charge on any atom is 0.247 e. The molecule has 1 aromatic carbocycles. The largest absolute Gasteiger partial charge is 0.398 e. The van der Waals surface area contributed by atoms with Crippen LogP contribution in [0.1, 0.15) is 49.3 Å². The molecule has 1 amide bonds. The molecule has 0 saturated carbocycles. The van der Waals surface area contributed by atoms with Gasteiger partial charge in [0.2, 0.25) is 5.91 Å². The van der Waals surface area contributed by atoms with Crippen molar-refractivity contribution in [3.63, 3.8) is 0 Å². The molecule has 1 saturated heterocycles. The number of aromatic nitrogens is 3. The number of anilines is 1. The van der Waals surface area contributed by atoms with Crippen LogP contribution in [0.15, 0.2) is 36.7 Å². The number of benzene rings is 1. The van der Waals surface area contributed by atoms with E-state index in [9.17, 15) is 18.7 Å². The first-order chi connectivity index (χ1) is 16.2. The first-order valence-electron chi connectivity index (χ1n) is 10.8. The average Bonchev–Trinajstić information content (AvgIpc) is 3.41. The van der Waals surface area contributed by atoms with Crippen LogP contribution in [-0.2, 0) is 11.4 Å². The molecule has 5 rings (SSSR count). The number of carbonyl (C=O) groups is 1. The zero-order valence-corrected chi connectivity index (χ0v) is 19.0. The van der Waals surface area contributed by atoms with Crippen LogP contribution < -0.4 is 5.73 Å². The van der Waals surface area contributed by atoms with E-state index < -0.39 is 23.8 Å². The van der Waals surface area contributed by atoms with Crippen LogP contribution >= 0.6 is 11.6 Å². The van der Waals surface area contributed by atoms with Crippen LogP contribution in [0.25, 0.3) is 16.8 Å². The normalized spacial score (nSPS) is 22.1. The Balaban J connectivity index is 1.49. The highest BCUT2D eigenvalue weighted by molar-refractivity contribution is 6.31. The summed E-state index contributed by atoms with van der Waals surface area (Å²) in [6.07, 6.45) is 6.02. The molecule has 1 fully saturated rings. The number of carbonyl (C=O) groups excluding carboxylic acids is 1. The summed E-state index contributed by atoms with van der Waals surface area (Å²) in [5.41, 5.74) is 6.95. The number of H-pyrrole nitrogens is 1. The number of halogens is 3. The molecule has 34 heavy (non-hydrogen) atoms. The van der Waals surface area contributed by atoms with E-state index in [0.717, 1.165) is 0 Å². The fraction of sp³-hybridized carbons (Fsp3) is 0.292. The number of hydrogen-bond donors (Lipinski definition) is 3. The van der Waals surface area contributed by atoms with Crippen molar-refractivity contribution >= 4 is 28.8 Å². The second kappa shape index (κ2) is 8.18. The number of aromatic amines is 1. The summed E-state index contributed by atoms with van der Waals surface area (Å²) in [5.74, 6) is -1.01. The van der Waals surface area contributed by atoms with Gasteiger partial charge in [-0.1, -0.05) is 11.6 Å². The van der Waals surface area contributed by atoms with Crippen LogP contribution in [0.2, 0.25) is 5.02 Å². The molecule has 4 N–H and O–H groups in total. The highest BCUT2D eigenvalue weighted by Crippen LogP contribution is 2.50. The van der Waals surface area contributed by atoms with E-state index >= 15 is 0 Å². The van der Waals surface area contributed by atoms with Crippen molar-refractivity contribution in [3.8, 4) is 11.3 Å². The van der Waals surface area contributed by atoms with Crippen LogP contribution in [0.4, 0.5) is 14.5 Å². The van der Waals surface area contributed by atoms with E-state index in [1.165, 1.54) is 36.7 Å². The smallest absolute Gasteiger partial charge is 0.247 e. The lowest BCUT2D eigenvalue weighted by Crippen LogP contribution is -2.48. The van der Waals surface area contributed by atoms with Gasteiger partial charge in [-0.3, -0.25) is 9.78 Å². The number of pyridine rings is 1. The summed E-state index contributed by atoms with van der Waals surface area (Å²) in [7, 11) is 0. The first-order valence-corrected chi connectivity index (χ1v) is 11.2. The standard InChI is InChI=1S/C24H22ClF2N5O2/c1-24-6-4-18(23-30-10-16(31-23)13-5-7-29-17(11-33)21(13)26)32(24)19(34)8-12(9-24)20-15(28)3-2-14(25)22(20)27/h2-3,5,7-8,10,18,33H,4,6,9,11,28H2,1H3,(H,30,31)/t18-,24?/m0/s1. The summed E-state index contributed by atoms with van der Waals surface area (Å²) in [6.45, 7) is 1.44. The van der Waals surface area contributed by atoms with Crippen molar-refractivity contribution in [2.45, 2.75) is 44.4 Å². The Kier molecular flexibility index (Phi) is 5.41. The number of aliphatic hydroxyl groups is 1. The molecule has 2 aromatic heterocycles. The second-order valence-electron chi connectivity index (χ2n) is 8.89. The first kappa shape index (κ1) is 22.5. The number of fused-ring (bicyclic) bond motifs is 1. The molecular formula is C24H22ClF2N5O2. The lowest BCUT2D eigenvalue weighted by atomic mass is 9.83. The van der Waals surface area contributed by atoms with E-state index in [1.54, 1.807) is 4.90 Å². The molecule has 3 aromatic rings. The van der Waals surface area contributed by atoms with Crippen molar-refractivity contribution in [1.82, 2.24) is 19.9 Å². The maximum atomic E-state index is 14.8. The Hall–Kier alpha value is -3.30. The molecule has 2 atom stereocenters. The number of rotatable bonds is 4. The van der Waals surface area contributed by atoms with Crippen LogP contribution in [0.3, 0.4) is 0 Å². The van der Waals surface area contributed by atoms with Crippen molar-refractivity contribution in [3.05, 3.63) is 70.4 Å². The Morgan fingerprint density at radius 1 is 1.29 bits per heavy atom. The predicted octanol–water partition coefficient (Wildman–Crippen LogP) is 4.39. The summed E-state index contributed by atoms with van der Waals surface area (Å²) >= 11 is 5.96. The number of nitrogens with zero attached hydrogens (tertiary/aromatic N) is 3. The molecular weight excluding hydrogens is 464 g/mol. The molecule has 4 heterocycles. The maximum absolute atomic E-state index is 14.8. The van der Waals surface area contributed by atoms with Gasteiger partial charge in [-0.2, -0.15) is 0 Å². The SMILES string of the molecule is CC12CC[C@@H](c3ncc(-c4ccnc(CO)c4F)[nH]3)N1C(=O)C=C(c1c(N)ccc(Cl)c1F)C2. The second-order valence-corrected chi connectivity index (χ2v) is 9.30. The van der Waals surface area contributed by atoms with Gasteiger partial charge in [0, 0.05) is 34.6 Å². The highest BCUT2D eigenvalue weighted by Gasteiger charge is 2.49. The molecule has 0 spiro atoms. The van der Waals surface area contributed by atoms with Gasteiger partial charge in [-0.15, -0.1) is 0 Å². The highest BCUT2D eigenvalue weighted by atomic mass is 35.5. The summed E-state index contributed by atoms with van der Waals surface area (Å²) in [4.78, 5) is 26.4. The Morgan fingerprint density at radius 3 is 2.85 bits per heavy atom. The van der Waals surface area contributed by atoms with E-state index in [1.807, 2.05) is 6.92 Å². The van der Waals surface area contributed by atoms with Crippen molar-refractivity contribution in [2.75, 3.05) is 5.73 Å². The van der Waals surface area contributed by atoms with Gasteiger partial charge < -0.3 is 20.7 Å². The zero-order chi connectivity index (χ0) is 24.2. The van der Waals surface area contributed by atoms with E-state index in [2.05, 4.69) is 15.0 Å². The van der Waals surface area contributed by atoms with E-state index in [4.69, 9.17) is 17.3 Å². The minimum absolute atomic E-state index is 0.0507. The minimum Gasteiger partial charge on any atom is -0.398 e. The van der Waals surface area contributed by atoms with Crippen molar-refractivity contribution in [1.29, 1.82) is 0 Å². The molecule has 0 radical (unpaired) electrons. The molecule has 0 bridgehead atoms. The Labute approximate surface area is 199 Å². The van der Waals surface area contributed by atoms with E-state index in [0.29, 0.717) is 36.4 Å². The van der Waals surface area contributed by atoms with Crippen LogP contribution in [-0.4, -0.2) is 36.4 Å². The monoisotopic (exact) mass is 485 g/mol. The number of hydrogen-bond acceptors (Lipinski definition) is 5. The molecule has 2 aliphatic rings. The lowest BCUT2D eigenvalue weighted by Gasteiger charge is -2.41. The fourth-order valence-electron chi connectivity index (χ4n) is 5.11. The third-order valence-corrected chi connectivity index (χ3v) is 7.01. The molecule has 1 unspecified atom stereocenters. The minimum atomic E-state index is -0.635. The number of nitrogens with two attached hydrogens (primary N) is 1. The average molecular weight is 486 g/mol. The molecule has 0 aliphatic carbocycles.